The predicted octanol–water partition coefficient (Wildman–Crippen LogP) is -5.29. The Morgan fingerprint density at radius 3 is 1.21 bits per heavy atom. The summed E-state index contributed by atoms with van der Waals surface area (Å²) in [7, 11) is 0. The van der Waals surface area contributed by atoms with Gasteiger partial charge in [-0.1, -0.05) is 0 Å². The summed E-state index contributed by atoms with van der Waals surface area (Å²) in [6, 6.07) is -4.92. The van der Waals surface area contributed by atoms with E-state index in [1.54, 1.807) is 0 Å². The topological polar surface area (TPSA) is 179 Å². The van der Waals surface area contributed by atoms with Crippen molar-refractivity contribution in [2.75, 3.05) is 13.2 Å². The number of carboxylic acids is 2. The molecule has 0 radical (unpaired) electrons. The quantitative estimate of drug-likeness (QED) is 0.294. The summed E-state index contributed by atoms with van der Waals surface area (Å²) in [6.45, 7) is -2.95. The molecule has 10 nitrogen and oxygen atoms in total. The van der Waals surface area contributed by atoms with Crippen LogP contribution in [0.15, 0.2) is 0 Å². The maximum Gasteiger partial charge on any atom is 0.395 e. The lowest BCUT2D eigenvalue weighted by Crippen LogP contribution is -2.64. The molecule has 0 bridgehead atoms. The zero-order valence-corrected chi connectivity index (χ0v) is 11.4. The molecule has 0 aromatic rings. The van der Waals surface area contributed by atoms with Crippen molar-refractivity contribution in [2.24, 2.45) is 0 Å². The fourth-order valence-electron chi connectivity index (χ4n) is 1.14. The number of rotatable bonds is 9. The molecular weight excluding hydrogens is 352 g/mol. The first-order valence-electron chi connectivity index (χ1n) is 5.83. The van der Waals surface area contributed by atoms with Gasteiger partial charge in [-0.2, -0.15) is 17.6 Å². The van der Waals surface area contributed by atoms with E-state index in [-0.39, 0.29) is 0 Å². The van der Waals surface area contributed by atoms with Crippen LogP contribution in [0.2, 0.25) is 0 Å². The average Bonchev–Trinajstić information content (AvgIpc) is 2.48. The van der Waals surface area contributed by atoms with Gasteiger partial charge in [-0.3, -0.25) is 9.59 Å². The smallest absolute Gasteiger partial charge is 0.395 e. The standard InChI is InChI=1S/C10H12F4N2O8/c11-9(12,7(23)15-3(1-17)5(19)20)10(13,14)8(24)16-4(2-18)6(21)22/h3-4,17-18H,1-2H2,(H,15,23)(H,16,24)(H,19,20)(H,21,22)/p-2/t3-,4-/m1/s1. The van der Waals surface area contributed by atoms with Crippen molar-refractivity contribution in [1.29, 1.82) is 0 Å². The van der Waals surface area contributed by atoms with E-state index in [1.807, 2.05) is 0 Å². The van der Waals surface area contributed by atoms with Crippen molar-refractivity contribution < 1.29 is 57.2 Å². The largest absolute Gasteiger partial charge is 0.548 e. The predicted molar refractivity (Wildman–Crippen MR) is 57.9 cm³/mol. The monoisotopic (exact) mass is 362 g/mol. The SMILES string of the molecule is O=C([O-])[C@@H](CO)NC(=O)C(F)(F)C(F)(F)C(=O)N[C@H](CO)C(=O)[O-]. The number of hydrogen-bond donors (Lipinski definition) is 4. The van der Waals surface area contributed by atoms with Crippen molar-refractivity contribution in [2.45, 2.75) is 23.9 Å². The van der Waals surface area contributed by atoms with Crippen LogP contribution in [0.3, 0.4) is 0 Å². The Morgan fingerprint density at radius 1 is 0.792 bits per heavy atom. The zero-order chi connectivity index (χ0) is 19.3. The van der Waals surface area contributed by atoms with Crippen LogP contribution in [0.1, 0.15) is 0 Å². The highest BCUT2D eigenvalue weighted by molar-refractivity contribution is 5.97. The van der Waals surface area contributed by atoms with Crippen LogP contribution in [0.4, 0.5) is 17.6 Å². The number of carboxylic acid groups (broad SMARTS) is 2. The van der Waals surface area contributed by atoms with E-state index in [4.69, 9.17) is 10.2 Å². The molecule has 0 fully saturated rings. The molecule has 138 valence electrons. The molecule has 2 amide bonds. The number of carbonyl (C=O) groups excluding carboxylic acids is 4. The Hall–Kier alpha value is -2.48. The van der Waals surface area contributed by atoms with Gasteiger partial charge in [-0.25, -0.2) is 0 Å². The number of halogens is 4. The van der Waals surface area contributed by atoms with E-state index in [9.17, 15) is 47.0 Å². The Labute approximate surface area is 130 Å². The van der Waals surface area contributed by atoms with Crippen LogP contribution < -0.4 is 20.8 Å². The molecule has 0 spiro atoms. The minimum Gasteiger partial charge on any atom is -0.548 e. The van der Waals surface area contributed by atoms with Crippen LogP contribution in [-0.4, -0.2) is 71.1 Å². The molecule has 0 aromatic heterocycles. The van der Waals surface area contributed by atoms with Gasteiger partial charge in [0, 0.05) is 0 Å². The first-order chi connectivity index (χ1) is 10.8. The molecule has 0 aliphatic carbocycles. The van der Waals surface area contributed by atoms with Gasteiger partial charge in [0.1, 0.15) is 0 Å². The number of aliphatic hydroxyl groups is 2. The number of aliphatic hydroxyl groups excluding tert-OH is 2. The van der Waals surface area contributed by atoms with E-state index in [0.29, 0.717) is 0 Å². The van der Waals surface area contributed by atoms with Crippen LogP contribution in [0.25, 0.3) is 0 Å². The van der Waals surface area contributed by atoms with Gasteiger partial charge in [0.2, 0.25) is 0 Å². The van der Waals surface area contributed by atoms with E-state index >= 15 is 0 Å². The summed E-state index contributed by atoms with van der Waals surface area (Å²) >= 11 is 0. The van der Waals surface area contributed by atoms with Gasteiger partial charge in [0.25, 0.3) is 11.8 Å². The van der Waals surface area contributed by atoms with Crippen molar-refractivity contribution >= 4 is 23.8 Å². The third kappa shape index (κ3) is 4.51. The highest BCUT2D eigenvalue weighted by Gasteiger charge is 2.67. The summed E-state index contributed by atoms with van der Waals surface area (Å²) in [4.78, 5) is 42.8. The summed E-state index contributed by atoms with van der Waals surface area (Å²) in [5.41, 5.74) is 0. The normalized spacial score (nSPS) is 14.4. The highest BCUT2D eigenvalue weighted by Crippen LogP contribution is 2.34. The number of carbonyl (C=O) groups is 4. The molecule has 0 heterocycles. The Balaban J connectivity index is 5.34. The maximum atomic E-state index is 13.4. The molecule has 14 heteroatoms. The average molecular weight is 362 g/mol. The Bertz CT molecular complexity index is 481. The Morgan fingerprint density at radius 2 is 1.04 bits per heavy atom. The second kappa shape index (κ2) is 7.87. The van der Waals surface area contributed by atoms with Crippen molar-refractivity contribution in [3.63, 3.8) is 0 Å². The second-order valence-corrected chi connectivity index (χ2v) is 4.20. The minimum absolute atomic E-state index is 0.818. The van der Waals surface area contributed by atoms with Gasteiger partial charge >= 0.3 is 11.8 Å². The minimum atomic E-state index is -5.83. The van der Waals surface area contributed by atoms with Gasteiger partial charge in [-0.15, -0.1) is 0 Å². The molecule has 0 saturated carbocycles. The van der Waals surface area contributed by atoms with Crippen molar-refractivity contribution in [3.05, 3.63) is 0 Å². The molecule has 0 saturated heterocycles. The first-order valence-corrected chi connectivity index (χ1v) is 5.83. The van der Waals surface area contributed by atoms with Gasteiger partial charge in [0.05, 0.1) is 37.2 Å². The molecule has 2 atom stereocenters. The van der Waals surface area contributed by atoms with Gasteiger partial charge < -0.3 is 40.6 Å². The molecule has 0 unspecified atom stereocenters. The van der Waals surface area contributed by atoms with E-state index < -0.39 is 60.9 Å². The first kappa shape index (κ1) is 21.5. The number of nitrogens with one attached hydrogen (secondary N) is 2. The third-order valence-corrected chi connectivity index (χ3v) is 2.51. The number of aliphatic carboxylic acids is 2. The maximum absolute atomic E-state index is 13.4. The molecule has 0 aliphatic heterocycles. The van der Waals surface area contributed by atoms with Gasteiger partial charge in [0.15, 0.2) is 0 Å². The fourth-order valence-corrected chi connectivity index (χ4v) is 1.14. The zero-order valence-electron chi connectivity index (χ0n) is 11.4. The summed E-state index contributed by atoms with van der Waals surface area (Å²) in [5, 5.41) is 39.3. The number of hydrogen-bond acceptors (Lipinski definition) is 8. The van der Waals surface area contributed by atoms with Crippen LogP contribution >= 0.6 is 0 Å². The molecule has 4 N–H and O–H groups in total. The molecule has 0 aromatic carbocycles. The summed E-state index contributed by atoms with van der Waals surface area (Å²) < 4.78 is 53.7. The fraction of sp³-hybridized carbons (Fsp3) is 0.600. The molecular formula is C10H10F4N2O8-2. The van der Waals surface area contributed by atoms with Crippen molar-refractivity contribution in [1.82, 2.24) is 10.6 Å². The van der Waals surface area contributed by atoms with Crippen LogP contribution in [-0.2, 0) is 19.2 Å². The highest BCUT2D eigenvalue weighted by atomic mass is 19.3. The molecule has 24 heavy (non-hydrogen) atoms. The number of amides is 2. The molecule has 0 rings (SSSR count). The van der Waals surface area contributed by atoms with E-state index in [2.05, 4.69) is 0 Å². The second-order valence-electron chi connectivity index (χ2n) is 4.20. The van der Waals surface area contributed by atoms with Crippen LogP contribution in [0.5, 0.6) is 0 Å². The van der Waals surface area contributed by atoms with E-state index in [0.717, 1.165) is 10.6 Å². The van der Waals surface area contributed by atoms with Crippen LogP contribution in [0, 0.1) is 0 Å². The number of alkyl halides is 4. The lowest BCUT2D eigenvalue weighted by atomic mass is 10.1. The third-order valence-electron chi connectivity index (χ3n) is 2.51. The summed E-state index contributed by atoms with van der Waals surface area (Å²) in [6.07, 6.45) is 0. The summed E-state index contributed by atoms with van der Waals surface area (Å²) in [5.74, 6) is -22.1. The lowest BCUT2D eigenvalue weighted by molar-refractivity contribution is -0.310. The molecule has 0 aliphatic rings. The van der Waals surface area contributed by atoms with Gasteiger partial charge in [-0.05, 0) is 0 Å². The van der Waals surface area contributed by atoms with E-state index in [1.165, 1.54) is 0 Å². The van der Waals surface area contributed by atoms with Crippen molar-refractivity contribution in [3.8, 4) is 0 Å². The Kier molecular flexibility index (Phi) is 7.06. The lowest BCUT2D eigenvalue weighted by Gasteiger charge is -2.28.